The average molecular weight is 257 g/mol. The molecule has 0 aromatic heterocycles. The summed E-state index contributed by atoms with van der Waals surface area (Å²) in [6, 6.07) is 7.08. The highest BCUT2D eigenvalue weighted by molar-refractivity contribution is 7.99. The molecule has 1 atom stereocenters. The van der Waals surface area contributed by atoms with Crippen LogP contribution in [0, 0.1) is 0 Å². The SMILES string of the molecule is O=C(Nc1cccc(Cl)c1)C1CSCCN1. The number of benzene rings is 1. The van der Waals surface area contributed by atoms with E-state index in [1.54, 1.807) is 23.9 Å². The van der Waals surface area contributed by atoms with E-state index in [2.05, 4.69) is 10.6 Å². The maximum Gasteiger partial charge on any atom is 0.242 e. The number of rotatable bonds is 2. The van der Waals surface area contributed by atoms with Crippen molar-refractivity contribution < 1.29 is 4.79 Å². The molecule has 1 aliphatic rings. The van der Waals surface area contributed by atoms with Gasteiger partial charge in [0.1, 0.15) is 0 Å². The lowest BCUT2D eigenvalue weighted by Crippen LogP contribution is -2.46. The first-order valence-electron chi connectivity index (χ1n) is 5.13. The van der Waals surface area contributed by atoms with Crippen LogP contribution in [0.25, 0.3) is 0 Å². The summed E-state index contributed by atoms with van der Waals surface area (Å²) in [5, 5.41) is 6.67. The van der Waals surface area contributed by atoms with Crippen molar-refractivity contribution in [2.75, 3.05) is 23.4 Å². The van der Waals surface area contributed by atoms with E-state index in [4.69, 9.17) is 11.6 Å². The predicted octanol–water partition coefficient (Wildman–Crippen LogP) is 1.98. The molecule has 1 aromatic rings. The number of hydrogen-bond donors (Lipinski definition) is 2. The van der Waals surface area contributed by atoms with Crippen LogP contribution in [0.3, 0.4) is 0 Å². The second kappa shape index (κ2) is 5.57. The third-order valence-corrected chi connectivity index (χ3v) is 3.63. The topological polar surface area (TPSA) is 41.1 Å². The van der Waals surface area contributed by atoms with E-state index in [1.807, 2.05) is 12.1 Å². The van der Waals surface area contributed by atoms with Gasteiger partial charge in [0.15, 0.2) is 0 Å². The molecule has 2 rings (SSSR count). The highest BCUT2D eigenvalue weighted by Crippen LogP contribution is 2.16. The van der Waals surface area contributed by atoms with Crippen LogP contribution in [0.1, 0.15) is 0 Å². The van der Waals surface area contributed by atoms with Gasteiger partial charge in [-0.2, -0.15) is 11.8 Å². The van der Waals surface area contributed by atoms with Gasteiger partial charge in [-0.05, 0) is 18.2 Å². The van der Waals surface area contributed by atoms with Gasteiger partial charge >= 0.3 is 0 Å². The van der Waals surface area contributed by atoms with Crippen LogP contribution in [0.2, 0.25) is 5.02 Å². The van der Waals surface area contributed by atoms with Gasteiger partial charge in [0.05, 0.1) is 6.04 Å². The number of thioether (sulfide) groups is 1. The molecule has 1 amide bonds. The van der Waals surface area contributed by atoms with Gasteiger partial charge in [-0.15, -0.1) is 0 Å². The van der Waals surface area contributed by atoms with Crippen molar-refractivity contribution in [3.63, 3.8) is 0 Å². The Hall–Kier alpha value is -0.710. The first-order valence-corrected chi connectivity index (χ1v) is 6.66. The standard InChI is InChI=1S/C11H13ClN2OS/c12-8-2-1-3-9(6-8)14-11(15)10-7-16-5-4-13-10/h1-3,6,10,13H,4-5,7H2,(H,14,15). The summed E-state index contributed by atoms with van der Waals surface area (Å²) < 4.78 is 0. The first kappa shape index (κ1) is 11.8. The van der Waals surface area contributed by atoms with Gasteiger partial charge in [-0.3, -0.25) is 4.79 Å². The maximum absolute atomic E-state index is 11.8. The Bertz CT molecular complexity index is 380. The zero-order valence-corrected chi connectivity index (χ0v) is 10.3. The van der Waals surface area contributed by atoms with Gasteiger partial charge in [-0.1, -0.05) is 17.7 Å². The van der Waals surface area contributed by atoms with E-state index in [9.17, 15) is 4.79 Å². The van der Waals surface area contributed by atoms with Crippen molar-refractivity contribution >= 4 is 35.0 Å². The van der Waals surface area contributed by atoms with Crippen LogP contribution in [-0.4, -0.2) is 30.0 Å². The van der Waals surface area contributed by atoms with E-state index >= 15 is 0 Å². The lowest BCUT2D eigenvalue weighted by molar-refractivity contribution is -0.117. The summed E-state index contributed by atoms with van der Waals surface area (Å²) in [6.45, 7) is 0.887. The number of carbonyl (C=O) groups is 1. The number of halogens is 1. The number of hydrogen-bond acceptors (Lipinski definition) is 3. The Labute approximate surface area is 104 Å². The number of anilines is 1. The van der Waals surface area contributed by atoms with Crippen LogP contribution in [0.5, 0.6) is 0 Å². The molecule has 1 heterocycles. The zero-order chi connectivity index (χ0) is 11.4. The summed E-state index contributed by atoms with van der Waals surface area (Å²) in [5.74, 6) is 1.90. The lowest BCUT2D eigenvalue weighted by Gasteiger charge is -2.22. The quantitative estimate of drug-likeness (QED) is 0.850. The van der Waals surface area contributed by atoms with Crippen LogP contribution in [0.4, 0.5) is 5.69 Å². The molecule has 5 heteroatoms. The van der Waals surface area contributed by atoms with Crippen molar-refractivity contribution in [1.82, 2.24) is 5.32 Å². The third-order valence-electron chi connectivity index (χ3n) is 2.33. The Morgan fingerprint density at radius 1 is 1.56 bits per heavy atom. The minimum absolute atomic E-state index is 0.00877. The predicted molar refractivity (Wildman–Crippen MR) is 69.2 cm³/mol. The fraction of sp³-hybridized carbons (Fsp3) is 0.364. The number of carbonyl (C=O) groups excluding carboxylic acids is 1. The maximum atomic E-state index is 11.8. The monoisotopic (exact) mass is 256 g/mol. The molecule has 0 saturated carbocycles. The Kier molecular flexibility index (Phi) is 4.09. The van der Waals surface area contributed by atoms with Crippen LogP contribution in [-0.2, 0) is 4.79 Å². The Balaban J connectivity index is 1.96. The molecule has 3 nitrogen and oxygen atoms in total. The molecule has 2 N–H and O–H groups in total. The normalized spacial score (nSPS) is 20.4. The number of nitrogens with one attached hydrogen (secondary N) is 2. The molecule has 1 saturated heterocycles. The molecule has 0 spiro atoms. The van der Waals surface area contributed by atoms with Crippen molar-refractivity contribution in [3.05, 3.63) is 29.3 Å². The lowest BCUT2D eigenvalue weighted by atomic mass is 10.2. The summed E-state index contributed by atoms with van der Waals surface area (Å²) in [6.07, 6.45) is 0. The molecule has 1 aromatic carbocycles. The van der Waals surface area contributed by atoms with Crippen LogP contribution in [0.15, 0.2) is 24.3 Å². The van der Waals surface area contributed by atoms with E-state index in [0.29, 0.717) is 5.02 Å². The van der Waals surface area contributed by atoms with Gasteiger partial charge < -0.3 is 10.6 Å². The van der Waals surface area contributed by atoms with Gasteiger partial charge in [-0.25, -0.2) is 0 Å². The minimum atomic E-state index is -0.0993. The molecule has 86 valence electrons. The van der Waals surface area contributed by atoms with E-state index in [-0.39, 0.29) is 11.9 Å². The van der Waals surface area contributed by atoms with Crippen molar-refractivity contribution in [3.8, 4) is 0 Å². The van der Waals surface area contributed by atoms with Crippen LogP contribution >= 0.6 is 23.4 Å². The Morgan fingerprint density at radius 2 is 2.44 bits per heavy atom. The highest BCUT2D eigenvalue weighted by atomic mass is 35.5. The van der Waals surface area contributed by atoms with Crippen molar-refractivity contribution in [2.45, 2.75) is 6.04 Å². The second-order valence-corrected chi connectivity index (χ2v) is 5.17. The molecule has 16 heavy (non-hydrogen) atoms. The van der Waals surface area contributed by atoms with E-state index in [1.165, 1.54) is 0 Å². The first-order chi connectivity index (χ1) is 7.75. The molecule has 1 aliphatic heterocycles. The molecule has 1 fully saturated rings. The Morgan fingerprint density at radius 3 is 3.12 bits per heavy atom. The van der Waals surface area contributed by atoms with E-state index in [0.717, 1.165) is 23.7 Å². The second-order valence-electron chi connectivity index (χ2n) is 3.58. The van der Waals surface area contributed by atoms with E-state index < -0.39 is 0 Å². The highest BCUT2D eigenvalue weighted by Gasteiger charge is 2.20. The molecule has 0 radical (unpaired) electrons. The third kappa shape index (κ3) is 3.14. The van der Waals surface area contributed by atoms with Crippen molar-refractivity contribution in [1.29, 1.82) is 0 Å². The average Bonchev–Trinajstić information content (AvgIpc) is 2.30. The molecular formula is C11H13ClN2OS. The zero-order valence-electron chi connectivity index (χ0n) is 8.70. The number of amides is 1. The fourth-order valence-corrected chi connectivity index (χ4v) is 2.65. The smallest absolute Gasteiger partial charge is 0.242 e. The largest absolute Gasteiger partial charge is 0.325 e. The molecule has 1 unspecified atom stereocenters. The van der Waals surface area contributed by atoms with Gasteiger partial charge in [0.2, 0.25) is 5.91 Å². The van der Waals surface area contributed by atoms with Gasteiger partial charge in [0.25, 0.3) is 0 Å². The minimum Gasteiger partial charge on any atom is -0.325 e. The summed E-state index contributed by atoms with van der Waals surface area (Å²) in [4.78, 5) is 11.8. The molecule has 0 bridgehead atoms. The summed E-state index contributed by atoms with van der Waals surface area (Å²) >= 11 is 7.64. The summed E-state index contributed by atoms with van der Waals surface area (Å²) in [5.41, 5.74) is 0.745. The summed E-state index contributed by atoms with van der Waals surface area (Å²) in [7, 11) is 0. The van der Waals surface area contributed by atoms with Crippen LogP contribution < -0.4 is 10.6 Å². The molecular weight excluding hydrogens is 244 g/mol. The van der Waals surface area contributed by atoms with Crippen molar-refractivity contribution in [2.24, 2.45) is 0 Å². The fourth-order valence-electron chi connectivity index (χ4n) is 1.53. The van der Waals surface area contributed by atoms with Gasteiger partial charge in [0, 0.05) is 28.8 Å². The molecule has 0 aliphatic carbocycles.